The van der Waals surface area contributed by atoms with Gasteiger partial charge < -0.3 is 29.3 Å². The van der Waals surface area contributed by atoms with Crippen LogP contribution in [0.15, 0.2) is 53.2 Å². The molecule has 1 N–H and O–H groups in total. The number of rotatable bonds is 10. The van der Waals surface area contributed by atoms with Crippen LogP contribution in [-0.2, 0) is 27.4 Å². The summed E-state index contributed by atoms with van der Waals surface area (Å²) in [6.07, 6.45) is -0.0768. The molecule has 1 atom stereocenters. The lowest BCUT2D eigenvalue weighted by atomic mass is 10.0. The molecule has 0 fully saturated rings. The zero-order chi connectivity index (χ0) is 25.5. The van der Waals surface area contributed by atoms with Crippen LogP contribution in [0.1, 0.15) is 27.8 Å². The highest BCUT2D eigenvalue weighted by Gasteiger charge is 2.25. The molecule has 1 aliphatic heterocycles. The van der Waals surface area contributed by atoms with Gasteiger partial charge in [0.2, 0.25) is 12.7 Å². The number of amides is 3. The number of nitrogens with one attached hydrogen (secondary N) is 1. The molecule has 3 heterocycles. The molecule has 3 aromatic rings. The molecule has 0 saturated heterocycles. The molecule has 9 nitrogen and oxygen atoms in total. The molecule has 2 aromatic heterocycles. The highest BCUT2D eigenvalue weighted by Crippen LogP contribution is 2.35. The monoisotopic (exact) mass is 529 g/mol. The van der Waals surface area contributed by atoms with Crippen LogP contribution >= 0.6 is 22.7 Å². The first kappa shape index (κ1) is 25.5. The number of urea groups is 1. The van der Waals surface area contributed by atoms with E-state index in [-0.39, 0.29) is 25.7 Å². The van der Waals surface area contributed by atoms with Crippen LogP contribution in [0.3, 0.4) is 0 Å². The van der Waals surface area contributed by atoms with E-state index in [1.165, 1.54) is 12.0 Å². The fraction of sp³-hybridized carbons (Fsp3) is 0.320. The van der Waals surface area contributed by atoms with E-state index >= 15 is 0 Å². The lowest BCUT2D eigenvalue weighted by Crippen LogP contribution is -2.45. The zero-order valence-electron chi connectivity index (χ0n) is 20.0. The van der Waals surface area contributed by atoms with Gasteiger partial charge in [-0.05, 0) is 40.6 Å². The Kier molecular flexibility index (Phi) is 8.44. The predicted octanol–water partition coefficient (Wildman–Crippen LogP) is 4.01. The van der Waals surface area contributed by atoms with Crippen LogP contribution < -0.4 is 14.8 Å². The van der Waals surface area contributed by atoms with Gasteiger partial charge in [-0.1, -0.05) is 18.2 Å². The Bertz CT molecular complexity index is 1150. The molecular formula is C25H27N3O6S2. The van der Waals surface area contributed by atoms with Gasteiger partial charge >= 0.3 is 12.0 Å². The molecule has 0 spiro atoms. The highest BCUT2D eigenvalue weighted by atomic mass is 32.1. The predicted molar refractivity (Wildman–Crippen MR) is 136 cm³/mol. The van der Waals surface area contributed by atoms with E-state index in [0.717, 1.165) is 9.75 Å². The molecular weight excluding hydrogens is 502 g/mol. The number of benzene rings is 1. The quantitative estimate of drug-likeness (QED) is 0.399. The smallest absolute Gasteiger partial charge is 0.318 e. The van der Waals surface area contributed by atoms with Gasteiger partial charge in [0, 0.05) is 16.8 Å². The number of esters is 1. The molecule has 11 heteroatoms. The van der Waals surface area contributed by atoms with E-state index in [1.54, 1.807) is 52.8 Å². The van der Waals surface area contributed by atoms with Crippen LogP contribution in [0.5, 0.6) is 11.5 Å². The van der Waals surface area contributed by atoms with E-state index in [4.69, 9.17) is 14.2 Å². The summed E-state index contributed by atoms with van der Waals surface area (Å²) in [5, 5.41) is 6.79. The maximum atomic E-state index is 13.2. The fourth-order valence-electron chi connectivity index (χ4n) is 3.68. The van der Waals surface area contributed by atoms with Crippen molar-refractivity contribution in [2.45, 2.75) is 25.6 Å². The Morgan fingerprint density at radius 2 is 1.69 bits per heavy atom. The maximum Gasteiger partial charge on any atom is 0.318 e. The van der Waals surface area contributed by atoms with Crippen LogP contribution in [0.2, 0.25) is 0 Å². The van der Waals surface area contributed by atoms with Gasteiger partial charge in [0.1, 0.15) is 6.54 Å². The summed E-state index contributed by atoms with van der Waals surface area (Å²) in [4.78, 5) is 43.5. The Balaban J connectivity index is 1.43. The first-order chi connectivity index (χ1) is 17.4. The molecule has 36 heavy (non-hydrogen) atoms. The van der Waals surface area contributed by atoms with Crippen molar-refractivity contribution in [1.82, 2.24) is 15.1 Å². The van der Waals surface area contributed by atoms with E-state index in [2.05, 4.69) is 5.32 Å². The second-order valence-corrected chi connectivity index (χ2v) is 10.2. The topological polar surface area (TPSA) is 97.4 Å². The summed E-state index contributed by atoms with van der Waals surface area (Å²) in [7, 11) is 2.85. The van der Waals surface area contributed by atoms with Crippen LogP contribution in [0, 0.1) is 0 Å². The minimum absolute atomic E-state index is 0.0768. The third kappa shape index (κ3) is 6.55. The molecule has 0 saturated carbocycles. The summed E-state index contributed by atoms with van der Waals surface area (Å²) in [5.74, 6) is 0.482. The zero-order valence-corrected chi connectivity index (χ0v) is 21.6. The average molecular weight is 530 g/mol. The lowest BCUT2D eigenvalue weighted by molar-refractivity contribution is -0.141. The van der Waals surface area contributed by atoms with Gasteiger partial charge in [-0.2, -0.15) is 0 Å². The van der Waals surface area contributed by atoms with Crippen molar-refractivity contribution in [3.8, 4) is 11.5 Å². The largest absolute Gasteiger partial charge is 0.469 e. The van der Waals surface area contributed by atoms with E-state index in [0.29, 0.717) is 30.2 Å². The standard InChI is InChI=1S/C25H27N3O6S2/c1-27(15-23(29)28(13-18-5-3-9-35-18)14-19-6-4-10-36-19)25(31)26-20(12-24(30)32-2)17-7-8-21-22(11-17)34-16-33-21/h3-11,20H,12-16H2,1-2H3,(H,26,31)/t20-/m1/s1. The van der Waals surface area contributed by atoms with Crippen molar-refractivity contribution < 1.29 is 28.6 Å². The van der Waals surface area contributed by atoms with Crippen molar-refractivity contribution in [1.29, 1.82) is 0 Å². The third-order valence-electron chi connectivity index (χ3n) is 5.62. The van der Waals surface area contributed by atoms with Gasteiger partial charge in [-0.15, -0.1) is 22.7 Å². The molecule has 0 unspecified atom stereocenters. The SMILES string of the molecule is COC(=O)C[C@@H](NC(=O)N(C)CC(=O)N(Cc1cccs1)Cc1cccs1)c1ccc2c(c1)OCO2. The van der Waals surface area contributed by atoms with Crippen molar-refractivity contribution in [3.63, 3.8) is 0 Å². The molecule has 1 aliphatic rings. The second kappa shape index (κ2) is 11.9. The van der Waals surface area contributed by atoms with Gasteiger partial charge in [0.25, 0.3) is 0 Å². The van der Waals surface area contributed by atoms with Crippen LogP contribution in [0.4, 0.5) is 4.79 Å². The second-order valence-electron chi connectivity index (χ2n) is 8.16. The minimum atomic E-state index is -0.676. The Labute approximate surface area is 217 Å². The Hall–Kier alpha value is -3.57. The van der Waals surface area contributed by atoms with E-state index < -0.39 is 18.0 Å². The number of nitrogens with zero attached hydrogens (tertiary/aromatic N) is 2. The van der Waals surface area contributed by atoms with Gasteiger partial charge in [-0.25, -0.2) is 4.79 Å². The number of fused-ring (bicyclic) bond motifs is 1. The summed E-state index contributed by atoms with van der Waals surface area (Å²) in [6, 6.07) is 11.9. The van der Waals surface area contributed by atoms with Gasteiger partial charge in [0.15, 0.2) is 11.5 Å². The average Bonchev–Trinajstić information content (AvgIpc) is 3.65. The number of ether oxygens (including phenoxy) is 3. The number of carbonyl (C=O) groups excluding carboxylic acids is 3. The molecule has 3 amide bonds. The number of hydrogen-bond donors (Lipinski definition) is 1. The van der Waals surface area contributed by atoms with E-state index in [9.17, 15) is 14.4 Å². The minimum Gasteiger partial charge on any atom is -0.469 e. The Morgan fingerprint density at radius 3 is 2.31 bits per heavy atom. The molecule has 0 radical (unpaired) electrons. The Morgan fingerprint density at radius 1 is 1.03 bits per heavy atom. The number of methoxy groups -OCH3 is 1. The summed E-state index contributed by atoms with van der Waals surface area (Å²) in [6.45, 7) is 0.928. The number of thiophene rings is 2. The lowest BCUT2D eigenvalue weighted by Gasteiger charge is -2.27. The number of likely N-dealkylation sites (N-methyl/N-ethyl adjacent to an activating group) is 1. The van der Waals surface area contributed by atoms with Crippen molar-refractivity contribution >= 4 is 40.6 Å². The van der Waals surface area contributed by atoms with Crippen LogP contribution in [0.25, 0.3) is 0 Å². The number of carbonyl (C=O) groups is 3. The van der Waals surface area contributed by atoms with Crippen molar-refractivity contribution in [3.05, 3.63) is 68.5 Å². The molecule has 190 valence electrons. The fourth-order valence-corrected chi connectivity index (χ4v) is 5.12. The maximum absolute atomic E-state index is 13.2. The number of hydrogen-bond acceptors (Lipinski definition) is 8. The summed E-state index contributed by atoms with van der Waals surface area (Å²) in [5.41, 5.74) is 0.662. The van der Waals surface area contributed by atoms with Crippen LogP contribution in [-0.4, -0.2) is 55.2 Å². The molecule has 4 rings (SSSR count). The molecule has 0 bridgehead atoms. The van der Waals surface area contributed by atoms with Gasteiger partial charge in [0.05, 0.1) is 32.7 Å². The van der Waals surface area contributed by atoms with Crippen molar-refractivity contribution in [2.75, 3.05) is 27.5 Å². The van der Waals surface area contributed by atoms with Gasteiger partial charge in [-0.3, -0.25) is 9.59 Å². The first-order valence-electron chi connectivity index (χ1n) is 11.2. The van der Waals surface area contributed by atoms with E-state index in [1.807, 2.05) is 35.0 Å². The summed E-state index contributed by atoms with van der Waals surface area (Å²) < 4.78 is 15.6. The normalized spacial score (nSPS) is 12.6. The molecule has 0 aliphatic carbocycles. The highest BCUT2D eigenvalue weighted by molar-refractivity contribution is 7.10. The molecule has 1 aromatic carbocycles. The third-order valence-corrected chi connectivity index (χ3v) is 7.34. The summed E-state index contributed by atoms with van der Waals surface area (Å²) >= 11 is 3.16. The van der Waals surface area contributed by atoms with Crippen molar-refractivity contribution in [2.24, 2.45) is 0 Å². The first-order valence-corrected chi connectivity index (χ1v) is 13.0.